The van der Waals surface area contributed by atoms with Crippen LogP contribution in [0.5, 0.6) is 0 Å². The number of esters is 1. The van der Waals surface area contributed by atoms with Gasteiger partial charge in [-0.3, -0.25) is 0 Å². The topological polar surface area (TPSA) is 58.6 Å². The highest BCUT2D eigenvalue weighted by atomic mass is 19.1. The number of hydrogen-bond donors (Lipinski definition) is 1. The first-order chi connectivity index (χ1) is 9.55. The van der Waals surface area contributed by atoms with Crippen LogP contribution < -0.4 is 5.32 Å². The standard InChI is InChI=1S/C14H21FN2O3/c1-20-12(18)14(15)7-8-17(10-14)13(19)16-9-11-5-3-2-4-6-11/h2-3,11H,4-10H2,1H3,(H,16,19). The van der Waals surface area contributed by atoms with Gasteiger partial charge in [0.25, 0.3) is 0 Å². The average Bonchev–Trinajstić information content (AvgIpc) is 2.89. The molecular weight excluding hydrogens is 263 g/mol. The van der Waals surface area contributed by atoms with Crippen molar-refractivity contribution in [3.63, 3.8) is 0 Å². The fraction of sp³-hybridized carbons (Fsp3) is 0.714. The van der Waals surface area contributed by atoms with E-state index in [1.165, 1.54) is 4.90 Å². The fourth-order valence-electron chi connectivity index (χ4n) is 2.68. The van der Waals surface area contributed by atoms with E-state index in [0.29, 0.717) is 12.5 Å². The second kappa shape index (κ2) is 6.24. The maximum Gasteiger partial charge on any atom is 0.345 e. The van der Waals surface area contributed by atoms with Gasteiger partial charge in [0.05, 0.1) is 13.7 Å². The third-order valence-electron chi connectivity index (χ3n) is 3.98. The number of likely N-dealkylation sites (tertiary alicyclic amines) is 1. The van der Waals surface area contributed by atoms with Gasteiger partial charge in [-0.1, -0.05) is 12.2 Å². The van der Waals surface area contributed by atoms with E-state index in [0.717, 1.165) is 26.4 Å². The largest absolute Gasteiger partial charge is 0.467 e. The molecule has 0 bridgehead atoms. The Morgan fingerprint density at radius 3 is 2.95 bits per heavy atom. The Morgan fingerprint density at radius 1 is 1.50 bits per heavy atom. The van der Waals surface area contributed by atoms with E-state index in [-0.39, 0.29) is 25.5 Å². The third-order valence-corrected chi connectivity index (χ3v) is 3.98. The first kappa shape index (κ1) is 14.8. The number of rotatable bonds is 3. The number of ether oxygens (including phenoxy) is 1. The highest BCUT2D eigenvalue weighted by Gasteiger charge is 2.47. The monoisotopic (exact) mass is 284 g/mol. The van der Waals surface area contributed by atoms with Crippen LogP contribution in [-0.2, 0) is 9.53 Å². The number of urea groups is 1. The number of nitrogens with one attached hydrogen (secondary N) is 1. The van der Waals surface area contributed by atoms with Crippen LogP contribution >= 0.6 is 0 Å². The zero-order chi connectivity index (χ0) is 14.6. The summed E-state index contributed by atoms with van der Waals surface area (Å²) in [6.45, 7) is 0.606. The Bertz CT molecular complexity index is 413. The maximum absolute atomic E-state index is 14.2. The van der Waals surface area contributed by atoms with E-state index in [1.807, 2.05) is 0 Å². The molecule has 20 heavy (non-hydrogen) atoms. The Hall–Kier alpha value is -1.59. The van der Waals surface area contributed by atoms with Crippen molar-refractivity contribution in [2.45, 2.75) is 31.4 Å². The van der Waals surface area contributed by atoms with Crippen LogP contribution in [0.4, 0.5) is 9.18 Å². The van der Waals surface area contributed by atoms with Crippen LogP contribution in [0, 0.1) is 5.92 Å². The molecule has 1 N–H and O–H groups in total. The first-order valence-corrected chi connectivity index (χ1v) is 7.00. The highest BCUT2D eigenvalue weighted by Crippen LogP contribution is 2.27. The van der Waals surface area contributed by atoms with Crippen molar-refractivity contribution >= 4 is 12.0 Å². The van der Waals surface area contributed by atoms with Gasteiger partial charge in [-0.2, -0.15) is 0 Å². The molecule has 0 saturated carbocycles. The van der Waals surface area contributed by atoms with E-state index in [2.05, 4.69) is 22.2 Å². The Morgan fingerprint density at radius 2 is 2.30 bits per heavy atom. The van der Waals surface area contributed by atoms with Gasteiger partial charge in [0.1, 0.15) is 0 Å². The minimum atomic E-state index is -2.06. The summed E-state index contributed by atoms with van der Waals surface area (Å²) in [5, 5.41) is 2.82. The predicted molar refractivity (Wildman–Crippen MR) is 71.9 cm³/mol. The molecule has 2 amide bonds. The van der Waals surface area contributed by atoms with Crippen LogP contribution in [0.25, 0.3) is 0 Å². The van der Waals surface area contributed by atoms with E-state index in [1.54, 1.807) is 0 Å². The molecule has 2 unspecified atom stereocenters. The van der Waals surface area contributed by atoms with Gasteiger partial charge >= 0.3 is 12.0 Å². The van der Waals surface area contributed by atoms with Crippen LogP contribution in [0.15, 0.2) is 12.2 Å². The molecule has 5 nitrogen and oxygen atoms in total. The van der Waals surface area contributed by atoms with Gasteiger partial charge in [0.15, 0.2) is 0 Å². The zero-order valence-corrected chi connectivity index (χ0v) is 11.7. The van der Waals surface area contributed by atoms with Crippen molar-refractivity contribution < 1.29 is 18.7 Å². The molecule has 0 aromatic rings. The number of halogens is 1. The van der Waals surface area contributed by atoms with Gasteiger partial charge < -0.3 is 15.0 Å². The molecule has 2 atom stereocenters. The molecule has 2 aliphatic rings. The van der Waals surface area contributed by atoms with Crippen LogP contribution in [0.2, 0.25) is 0 Å². The summed E-state index contributed by atoms with van der Waals surface area (Å²) in [6.07, 6.45) is 7.34. The van der Waals surface area contributed by atoms with E-state index < -0.39 is 11.6 Å². The number of hydrogen-bond acceptors (Lipinski definition) is 3. The van der Waals surface area contributed by atoms with Crippen LogP contribution in [0.3, 0.4) is 0 Å². The second-order valence-electron chi connectivity index (χ2n) is 5.46. The van der Waals surface area contributed by atoms with Crippen molar-refractivity contribution in [2.75, 3.05) is 26.7 Å². The van der Waals surface area contributed by atoms with E-state index >= 15 is 0 Å². The average molecular weight is 284 g/mol. The molecule has 1 aliphatic carbocycles. The van der Waals surface area contributed by atoms with E-state index in [4.69, 9.17) is 0 Å². The number of carbonyl (C=O) groups is 2. The quantitative estimate of drug-likeness (QED) is 0.633. The van der Waals surface area contributed by atoms with Crippen molar-refractivity contribution in [1.29, 1.82) is 0 Å². The van der Waals surface area contributed by atoms with Crippen molar-refractivity contribution in [1.82, 2.24) is 10.2 Å². The Labute approximate surface area is 118 Å². The summed E-state index contributed by atoms with van der Waals surface area (Å²) in [4.78, 5) is 24.7. The van der Waals surface area contributed by atoms with Crippen molar-refractivity contribution in [3.8, 4) is 0 Å². The maximum atomic E-state index is 14.2. The van der Waals surface area contributed by atoms with Gasteiger partial charge in [0, 0.05) is 19.5 Å². The summed E-state index contributed by atoms with van der Waals surface area (Å²) in [5.41, 5.74) is -2.06. The molecule has 2 rings (SSSR count). The minimum Gasteiger partial charge on any atom is -0.467 e. The van der Waals surface area contributed by atoms with Gasteiger partial charge in [0.2, 0.25) is 5.67 Å². The van der Waals surface area contributed by atoms with Crippen molar-refractivity contribution in [3.05, 3.63) is 12.2 Å². The lowest BCUT2D eigenvalue weighted by Gasteiger charge is -2.22. The predicted octanol–water partition coefficient (Wildman–Crippen LogP) is 1.64. The minimum absolute atomic E-state index is 0.000734. The molecule has 6 heteroatoms. The smallest absolute Gasteiger partial charge is 0.345 e. The fourth-order valence-corrected chi connectivity index (χ4v) is 2.68. The number of allylic oxidation sites excluding steroid dienone is 2. The van der Waals surface area contributed by atoms with Crippen LogP contribution in [-0.4, -0.2) is 49.3 Å². The molecule has 0 spiro atoms. The number of nitrogens with zero attached hydrogens (tertiary/aromatic N) is 1. The lowest BCUT2D eigenvalue weighted by atomic mass is 9.94. The van der Waals surface area contributed by atoms with Gasteiger partial charge in [-0.15, -0.1) is 0 Å². The molecule has 0 aromatic heterocycles. The Kier molecular flexibility index (Phi) is 4.62. The van der Waals surface area contributed by atoms with Crippen LogP contribution in [0.1, 0.15) is 25.7 Å². The molecular formula is C14H21FN2O3. The lowest BCUT2D eigenvalue weighted by molar-refractivity contribution is -0.153. The summed E-state index contributed by atoms with van der Waals surface area (Å²) in [6, 6.07) is -0.303. The number of alkyl halides is 1. The number of carbonyl (C=O) groups excluding carboxylic acids is 2. The first-order valence-electron chi connectivity index (χ1n) is 7.00. The summed E-state index contributed by atoms with van der Waals surface area (Å²) >= 11 is 0. The zero-order valence-electron chi connectivity index (χ0n) is 11.7. The molecule has 0 aromatic carbocycles. The molecule has 1 saturated heterocycles. The summed E-state index contributed by atoms with van der Waals surface area (Å²) in [7, 11) is 1.16. The molecule has 1 fully saturated rings. The summed E-state index contributed by atoms with van der Waals surface area (Å²) < 4.78 is 18.6. The molecule has 0 radical (unpaired) electrons. The molecule has 112 valence electrons. The second-order valence-corrected chi connectivity index (χ2v) is 5.46. The third kappa shape index (κ3) is 3.29. The highest BCUT2D eigenvalue weighted by molar-refractivity contribution is 5.82. The SMILES string of the molecule is COC(=O)C1(F)CCN(C(=O)NCC2CC=CCC2)C1. The normalized spacial score (nSPS) is 29.3. The molecule has 1 heterocycles. The number of methoxy groups -OCH3 is 1. The molecule has 1 aliphatic heterocycles. The Balaban J connectivity index is 1.79. The summed E-state index contributed by atoms with van der Waals surface area (Å²) in [5.74, 6) is -0.451. The number of amides is 2. The van der Waals surface area contributed by atoms with Gasteiger partial charge in [-0.25, -0.2) is 14.0 Å². The van der Waals surface area contributed by atoms with Gasteiger partial charge in [-0.05, 0) is 25.2 Å². The van der Waals surface area contributed by atoms with Crippen molar-refractivity contribution in [2.24, 2.45) is 5.92 Å². The van der Waals surface area contributed by atoms with E-state index in [9.17, 15) is 14.0 Å². The lowest BCUT2D eigenvalue weighted by Crippen LogP contribution is -2.44.